The first-order valence-electron chi connectivity index (χ1n) is 5.09. The lowest BCUT2D eigenvalue weighted by molar-refractivity contribution is 0.415. The fraction of sp³-hybridized carbons (Fsp3) is 0.154. The van der Waals surface area contributed by atoms with Crippen molar-refractivity contribution < 1.29 is 4.74 Å². The van der Waals surface area contributed by atoms with Gasteiger partial charge in [-0.25, -0.2) is 0 Å². The number of amidine groups is 1. The molecule has 0 aliphatic carbocycles. The maximum atomic E-state index is 7.35. The van der Waals surface area contributed by atoms with Gasteiger partial charge >= 0.3 is 0 Å². The van der Waals surface area contributed by atoms with E-state index in [9.17, 15) is 0 Å². The zero-order chi connectivity index (χ0) is 11.5. The van der Waals surface area contributed by atoms with Gasteiger partial charge in [-0.2, -0.15) is 0 Å². The van der Waals surface area contributed by atoms with Crippen LogP contribution in [0, 0.1) is 5.41 Å². The van der Waals surface area contributed by atoms with Crippen LogP contribution in [0.2, 0.25) is 0 Å². The molecule has 82 valence electrons. The Morgan fingerprint density at radius 2 is 2.12 bits per heavy atom. The van der Waals surface area contributed by atoms with Crippen LogP contribution >= 0.6 is 0 Å². The Kier molecular flexibility index (Phi) is 2.77. The molecule has 0 amide bonds. The van der Waals surface area contributed by atoms with Gasteiger partial charge in [-0.05, 0) is 28.5 Å². The Hall–Kier alpha value is -2.03. The maximum absolute atomic E-state index is 7.35. The van der Waals surface area contributed by atoms with Gasteiger partial charge in [0.2, 0.25) is 0 Å². The molecule has 16 heavy (non-hydrogen) atoms. The topological polar surface area (TPSA) is 59.1 Å². The predicted octanol–water partition coefficient (Wildman–Crippen LogP) is 2.33. The molecule has 0 aromatic heterocycles. The van der Waals surface area contributed by atoms with Crippen LogP contribution in [0.3, 0.4) is 0 Å². The number of hydrogen-bond donors (Lipinski definition) is 2. The van der Waals surface area contributed by atoms with Crippen molar-refractivity contribution in [3.63, 3.8) is 0 Å². The van der Waals surface area contributed by atoms with Gasteiger partial charge in [0.15, 0.2) is 0 Å². The van der Waals surface area contributed by atoms with E-state index in [-0.39, 0.29) is 5.84 Å². The minimum absolute atomic E-state index is 0.176. The largest absolute Gasteiger partial charge is 0.497 e. The molecule has 0 saturated carbocycles. The van der Waals surface area contributed by atoms with Crippen molar-refractivity contribution in [2.45, 2.75) is 6.42 Å². The number of hydrogen-bond acceptors (Lipinski definition) is 2. The molecule has 0 bridgehead atoms. The lowest BCUT2D eigenvalue weighted by atomic mass is 10.0. The number of nitrogens with two attached hydrogens (primary N) is 1. The zero-order valence-electron chi connectivity index (χ0n) is 9.16. The van der Waals surface area contributed by atoms with Crippen molar-refractivity contribution in [2.24, 2.45) is 5.73 Å². The van der Waals surface area contributed by atoms with E-state index in [4.69, 9.17) is 15.9 Å². The third kappa shape index (κ3) is 1.98. The second kappa shape index (κ2) is 4.23. The Labute approximate surface area is 94.3 Å². The minimum Gasteiger partial charge on any atom is -0.497 e. The van der Waals surface area contributed by atoms with E-state index < -0.39 is 0 Å². The van der Waals surface area contributed by atoms with Crippen molar-refractivity contribution in [3.05, 3.63) is 42.0 Å². The summed E-state index contributed by atoms with van der Waals surface area (Å²) in [6, 6.07) is 11.9. The van der Waals surface area contributed by atoms with Gasteiger partial charge in [-0.1, -0.05) is 24.3 Å². The summed E-state index contributed by atoms with van der Waals surface area (Å²) in [4.78, 5) is 0. The highest BCUT2D eigenvalue weighted by molar-refractivity contribution is 5.91. The molecule has 0 spiro atoms. The maximum Gasteiger partial charge on any atom is 0.119 e. The van der Waals surface area contributed by atoms with Crippen LogP contribution in [-0.4, -0.2) is 12.9 Å². The van der Waals surface area contributed by atoms with Crippen molar-refractivity contribution in [2.75, 3.05) is 7.11 Å². The van der Waals surface area contributed by atoms with Crippen LogP contribution in [0.25, 0.3) is 10.8 Å². The van der Waals surface area contributed by atoms with Gasteiger partial charge in [0.1, 0.15) is 5.75 Å². The fourth-order valence-corrected chi connectivity index (χ4v) is 1.80. The molecule has 0 saturated heterocycles. The van der Waals surface area contributed by atoms with Crippen molar-refractivity contribution >= 4 is 16.6 Å². The van der Waals surface area contributed by atoms with Crippen LogP contribution in [0.4, 0.5) is 0 Å². The van der Waals surface area contributed by atoms with Crippen LogP contribution in [0.5, 0.6) is 5.75 Å². The summed E-state index contributed by atoms with van der Waals surface area (Å²) in [5.74, 6) is 0.999. The van der Waals surface area contributed by atoms with Crippen molar-refractivity contribution in [3.8, 4) is 5.75 Å². The highest BCUT2D eigenvalue weighted by Gasteiger charge is 2.03. The standard InChI is InChI=1S/C13H14N2O/c1-16-11-6-5-9-3-2-4-10(7-13(14)15)12(9)8-11/h2-6,8H,7H2,1H3,(H3,14,15). The molecule has 0 radical (unpaired) electrons. The number of ether oxygens (including phenoxy) is 1. The monoisotopic (exact) mass is 214 g/mol. The fourth-order valence-electron chi connectivity index (χ4n) is 1.80. The summed E-state index contributed by atoms with van der Waals surface area (Å²) in [6.45, 7) is 0. The van der Waals surface area contributed by atoms with E-state index in [0.29, 0.717) is 6.42 Å². The number of nitrogens with one attached hydrogen (secondary N) is 1. The molecule has 0 unspecified atom stereocenters. The van der Waals surface area contributed by atoms with Gasteiger partial charge in [0, 0.05) is 6.42 Å². The van der Waals surface area contributed by atoms with E-state index >= 15 is 0 Å². The number of fused-ring (bicyclic) bond motifs is 1. The number of benzene rings is 2. The second-order valence-corrected chi connectivity index (χ2v) is 3.71. The first kappa shape index (κ1) is 10.5. The molecule has 3 N–H and O–H groups in total. The minimum atomic E-state index is 0.176. The van der Waals surface area contributed by atoms with Crippen LogP contribution < -0.4 is 10.5 Å². The third-order valence-electron chi connectivity index (χ3n) is 2.56. The second-order valence-electron chi connectivity index (χ2n) is 3.71. The van der Waals surface area contributed by atoms with Crippen LogP contribution in [-0.2, 0) is 6.42 Å². The van der Waals surface area contributed by atoms with Crippen molar-refractivity contribution in [1.82, 2.24) is 0 Å². The normalized spacial score (nSPS) is 10.3. The van der Waals surface area contributed by atoms with Gasteiger partial charge in [-0.3, -0.25) is 5.41 Å². The molecule has 2 aromatic rings. The van der Waals surface area contributed by atoms with Gasteiger partial charge < -0.3 is 10.5 Å². The first-order valence-corrected chi connectivity index (χ1v) is 5.09. The smallest absolute Gasteiger partial charge is 0.119 e. The van der Waals surface area contributed by atoms with E-state index in [1.54, 1.807) is 7.11 Å². The van der Waals surface area contributed by atoms with Crippen molar-refractivity contribution in [1.29, 1.82) is 5.41 Å². The zero-order valence-corrected chi connectivity index (χ0v) is 9.16. The summed E-state index contributed by atoms with van der Waals surface area (Å²) in [6.07, 6.45) is 0.477. The summed E-state index contributed by atoms with van der Waals surface area (Å²) >= 11 is 0. The molecule has 3 heteroatoms. The summed E-state index contributed by atoms with van der Waals surface area (Å²) < 4.78 is 5.20. The molecule has 2 aromatic carbocycles. The summed E-state index contributed by atoms with van der Waals surface area (Å²) in [7, 11) is 1.65. The molecule has 3 nitrogen and oxygen atoms in total. The van der Waals surface area contributed by atoms with Gasteiger partial charge in [0.25, 0.3) is 0 Å². The molecule has 0 heterocycles. The molecule has 0 atom stereocenters. The average molecular weight is 214 g/mol. The van der Waals surface area contributed by atoms with Crippen LogP contribution in [0.15, 0.2) is 36.4 Å². The average Bonchev–Trinajstić information content (AvgIpc) is 2.28. The Morgan fingerprint density at radius 3 is 2.81 bits per heavy atom. The predicted molar refractivity (Wildman–Crippen MR) is 66.1 cm³/mol. The molecule has 2 rings (SSSR count). The molecule has 0 aliphatic heterocycles. The summed E-state index contributed by atoms with van der Waals surface area (Å²) in [5, 5.41) is 9.59. The van der Waals surface area contributed by atoms with Gasteiger partial charge in [0.05, 0.1) is 12.9 Å². The third-order valence-corrected chi connectivity index (χ3v) is 2.56. The molecule has 0 fully saturated rings. The molecule has 0 aliphatic rings. The summed E-state index contributed by atoms with van der Waals surface area (Å²) in [5.41, 5.74) is 6.50. The Balaban J connectivity index is 2.59. The van der Waals surface area contributed by atoms with E-state index in [0.717, 1.165) is 22.1 Å². The first-order chi connectivity index (χ1) is 7.70. The van der Waals surface area contributed by atoms with E-state index in [1.807, 2.05) is 36.4 Å². The lowest BCUT2D eigenvalue weighted by Gasteiger charge is -2.07. The SMILES string of the molecule is COc1ccc2cccc(CC(=N)N)c2c1. The van der Waals surface area contributed by atoms with E-state index in [1.165, 1.54) is 0 Å². The van der Waals surface area contributed by atoms with Crippen LogP contribution in [0.1, 0.15) is 5.56 Å². The number of methoxy groups -OCH3 is 1. The Morgan fingerprint density at radius 1 is 1.31 bits per heavy atom. The van der Waals surface area contributed by atoms with E-state index in [2.05, 4.69) is 0 Å². The Bertz CT molecular complexity index is 534. The molecular weight excluding hydrogens is 200 g/mol. The molecular formula is C13H14N2O. The van der Waals surface area contributed by atoms with Gasteiger partial charge in [-0.15, -0.1) is 0 Å². The quantitative estimate of drug-likeness (QED) is 0.608. The lowest BCUT2D eigenvalue weighted by Crippen LogP contribution is -2.12. The highest BCUT2D eigenvalue weighted by atomic mass is 16.5. The highest BCUT2D eigenvalue weighted by Crippen LogP contribution is 2.24. The number of rotatable bonds is 3.